The minimum atomic E-state index is -4.76. The number of phosphoric ester groups is 1. The van der Waals surface area contributed by atoms with Crippen LogP contribution in [-0.2, 0) is 32.7 Å². The van der Waals surface area contributed by atoms with Crippen molar-refractivity contribution < 1.29 is 47.8 Å². The molecule has 0 heterocycles. The highest BCUT2D eigenvalue weighted by molar-refractivity contribution is 7.47. The molecule has 12 heteroatoms. The summed E-state index contributed by atoms with van der Waals surface area (Å²) < 4.78 is 26.6. The van der Waals surface area contributed by atoms with Crippen molar-refractivity contribution in [3.63, 3.8) is 0 Å². The van der Waals surface area contributed by atoms with Gasteiger partial charge in [-0.1, -0.05) is 101 Å². The van der Waals surface area contributed by atoms with E-state index >= 15 is 0 Å². The molecule has 0 rings (SSSR count). The molecule has 0 aliphatic carbocycles. The Morgan fingerprint density at radius 1 is 0.673 bits per heavy atom. The number of aliphatic hydroxyl groups is 1. The van der Waals surface area contributed by atoms with E-state index in [0.29, 0.717) is 12.8 Å². The summed E-state index contributed by atoms with van der Waals surface area (Å²) in [6, 6.07) is -1.55. The third-order valence-corrected chi connectivity index (χ3v) is 8.30. The molecule has 0 fully saturated rings. The van der Waals surface area contributed by atoms with Crippen LogP contribution >= 0.6 is 7.82 Å². The summed E-state index contributed by atoms with van der Waals surface area (Å²) in [4.78, 5) is 45.6. The van der Waals surface area contributed by atoms with Crippen LogP contribution in [0.1, 0.15) is 136 Å². The van der Waals surface area contributed by atoms with E-state index in [1.807, 2.05) is 0 Å². The number of ether oxygens (including phenoxy) is 1. The van der Waals surface area contributed by atoms with Gasteiger partial charge in [0.1, 0.15) is 12.7 Å². The van der Waals surface area contributed by atoms with Crippen molar-refractivity contribution in [2.24, 2.45) is 0 Å². The standard InChI is InChI=1S/C37H64NO10P/c1-3-5-7-9-11-13-15-17-19-21-23-25-27-29-36(41)46-30-33(39)31-47-49(44,45)48-32-34(37(42)43)38-35(40)28-26-24-22-20-18-16-14-12-10-8-6-4-2/h5,7,11-14,17,19,33-34,39H,3-4,6,8-10,15-16,18,20-32H2,1-2H3,(H,38,40)(H,42,43)(H,44,45)/b7-5-,13-11-,14-12-,19-17-. The quantitative estimate of drug-likeness (QED) is 0.0225. The molecular weight excluding hydrogens is 649 g/mol. The summed E-state index contributed by atoms with van der Waals surface area (Å²) in [5.74, 6) is -2.43. The number of hydrogen-bond acceptors (Lipinski definition) is 8. The Balaban J connectivity index is 4.05. The molecule has 0 spiro atoms. The second-order valence-corrected chi connectivity index (χ2v) is 13.5. The first-order valence-electron chi connectivity index (χ1n) is 18.2. The van der Waals surface area contributed by atoms with E-state index < -0.39 is 57.6 Å². The number of allylic oxidation sites excluding steroid dienone is 8. The van der Waals surface area contributed by atoms with E-state index in [-0.39, 0.29) is 12.8 Å². The van der Waals surface area contributed by atoms with Gasteiger partial charge >= 0.3 is 19.8 Å². The van der Waals surface area contributed by atoms with Crippen molar-refractivity contribution in [2.75, 3.05) is 19.8 Å². The largest absolute Gasteiger partial charge is 0.480 e. The Labute approximate surface area is 294 Å². The van der Waals surface area contributed by atoms with Gasteiger partial charge in [0.05, 0.1) is 13.2 Å². The maximum Gasteiger partial charge on any atom is 0.472 e. The van der Waals surface area contributed by atoms with Crippen LogP contribution in [0.4, 0.5) is 0 Å². The molecule has 0 saturated heterocycles. The predicted molar refractivity (Wildman–Crippen MR) is 194 cm³/mol. The molecule has 0 aromatic rings. The highest BCUT2D eigenvalue weighted by atomic mass is 31.2. The molecule has 11 nitrogen and oxygen atoms in total. The zero-order chi connectivity index (χ0) is 36.4. The number of unbranched alkanes of at least 4 members (excludes halogenated alkanes) is 11. The van der Waals surface area contributed by atoms with E-state index in [1.54, 1.807) is 0 Å². The third-order valence-electron chi connectivity index (χ3n) is 7.35. The summed E-state index contributed by atoms with van der Waals surface area (Å²) in [6.45, 7) is 2.37. The van der Waals surface area contributed by atoms with Crippen LogP contribution in [0, 0.1) is 0 Å². The lowest BCUT2D eigenvalue weighted by Crippen LogP contribution is -2.43. The molecule has 3 unspecified atom stereocenters. The monoisotopic (exact) mass is 713 g/mol. The van der Waals surface area contributed by atoms with Crippen molar-refractivity contribution in [3.05, 3.63) is 48.6 Å². The lowest BCUT2D eigenvalue weighted by atomic mass is 10.1. The van der Waals surface area contributed by atoms with Crippen LogP contribution in [0.2, 0.25) is 0 Å². The molecule has 0 aromatic carbocycles. The highest BCUT2D eigenvalue weighted by Crippen LogP contribution is 2.43. The lowest BCUT2D eigenvalue weighted by Gasteiger charge is -2.18. The predicted octanol–water partition coefficient (Wildman–Crippen LogP) is 8.27. The average Bonchev–Trinajstić information content (AvgIpc) is 3.07. The number of aliphatic carboxylic acids is 1. The minimum absolute atomic E-state index is 0.131. The SMILES string of the molecule is CC/C=C\C/C=C\C/C=C\CCCCCC(=O)OCC(O)COP(=O)(O)OCC(NC(=O)CCCCCCC/C=C\CCCCC)C(=O)O. The van der Waals surface area contributed by atoms with Crippen LogP contribution in [0.5, 0.6) is 0 Å². The Hall–Kier alpha value is -2.56. The van der Waals surface area contributed by atoms with Gasteiger partial charge < -0.3 is 25.2 Å². The van der Waals surface area contributed by atoms with Crippen LogP contribution in [0.15, 0.2) is 48.6 Å². The summed E-state index contributed by atoms with van der Waals surface area (Å²) in [5, 5.41) is 21.7. The van der Waals surface area contributed by atoms with Gasteiger partial charge in [-0.15, -0.1) is 0 Å². The zero-order valence-electron chi connectivity index (χ0n) is 30.0. The molecule has 0 aliphatic rings. The van der Waals surface area contributed by atoms with E-state index in [0.717, 1.165) is 77.0 Å². The number of carbonyl (C=O) groups excluding carboxylic acids is 2. The minimum Gasteiger partial charge on any atom is -0.480 e. The molecule has 0 saturated carbocycles. The fraction of sp³-hybridized carbons (Fsp3) is 0.703. The number of carbonyl (C=O) groups is 3. The van der Waals surface area contributed by atoms with Gasteiger partial charge in [-0.2, -0.15) is 0 Å². The van der Waals surface area contributed by atoms with Crippen molar-refractivity contribution in [2.45, 2.75) is 148 Å². The second kappa shape index (κ2) is 32.6. The summed E-state index contributed by atoms with van der Waals surface area (Å²) in [6.07, 6.45) is 32.9. The maximum absolute atomic E-state index is 12.2. The van der Waals surface area contributed by atoms with Crippen molar-refractivity contribution in [1.82, 2.24) is 5.32 Å². The molecule has 0 radical (unpaired) electrons. The molecular formula is C37H64NO10P. The number of carboxylic acids is 1. The number of aliphatic hydroxyl groups excluding tert-OH is 1. The summed E-state index contributed by atoms with van der Waals surface area (Å²) in [5.41, 5.74) is 0. The summed E-state index contributed by atoms with van der Waals surface area (Å²) in [7, 11) is -4.76. The normalized spacial score (nSPS) is 14.5. The van der Waals surface area contributed by atoms with Crippen molar-refractivity contribution >= 4 is 25.7 Å². The fourth-order valence-electron chi connectivity index (χ4n) is 4.50. The first-order chi connectivity index (χ1) is 23.6. The fourth-order valence-corrected chi connectivity index (χ4v) is 5.27. The van der Waals surface area contributed by atoms with Crippen molar-refractivity contribution in [1.29, 1.82) is 0 Å². The van der Waals surface area contributed by atoms with Gasteiger partial charge in [-0.3, -0.25) is 18.6 Å². The third kappa shape index (κ3) is 32.4. The molecule has 1 amide bonds. The maximum atomic E-state index is 12.2. The Morgan fingerprint density at radius 2 is 1.18 bits per heavy atom. The zero-order valence-corrected chi connectivity index (χ0v) is 30.9. The Morgan fingerprint density at radius 3 is 1.82 bits per heavy atom. The number of rotatable bonds is 33. The van der Waals surface area contributed by atoms with Gasteiger partial charge in [0, 0.05) is 12.8 Å². The number of amides is 1. The lowest BCUT2D eigenvalue weighted by molar-refractivity contribution is -0.147. The van der Waals surface area contributed by atoms with E-state index in [2.05, 4.69) is 67.8 Å². The first kappa shape index (κ1) is 46.4. The smallest absolute Gasteiger partial charge is 0.472 e. The van der Waals surface area contributed by atoms with E-state index in [9.17, 15) is 34.1 Å². The van der Waals surface area contributed by atoms with Crippen LogP contribution in [0.3, 0.4) is 0 Å². The van der Waals surface area contributed by atoms with Crippen LogP contribution < -0.4 is 5.32 Å². The van der Waals surface area contributed by atoms with Gasteiger partial charge in [0.25, 0.3) is 0 Å². The molecule has 0 aromatic heterocycles. The summed E-state index contributed by atoms with van der Waals surface area (Å²) >= 11 is 0. The van der Waals surface area contributed by atoms with E-state index in [1.165, 1.54) is 19.3 Å². The molecule has 3 atom stereocenters. The number of hydrogen-bond donors (Lipinski definition) is 4. The first-order valence-corrected chi connectivity index (χ1v) is 19.7. The van der Waals surface area contributed by atoms with Gasteiger partial charge in [-0.25, -0.2) is 9.36 Å². The Kier molecular flexibility index (Phi) is 30.9. The van der Waals surface area contributed by atoms with Gasteiger partial charge in [0.2, 0.25) is 5.91 Å². The molecule has 282 valence electrons. The molecule has 4 N–H and O–H groups in total. The number of carboxylic acid groups (broad SMARTS) is 1. The van der Waals surface area contributed by atoms with Crippen LogP contribution in [-0.4, -0.2) is 64.9 Å². The number of esters is 1. The topological polar surface area (TPSA) is 169 Å². The highest BCUT2D eigenvalue weighted by Gasteiger charge is 2.28. The number of nitrogens with one attached hydrogen (secondary N) is 1. The van der Waals surface area contributed by atoms with Gasteiger partial charge in [-0.05, 0) is 70.6 Å². The molecule has 0 bridgehead atoms. The van der Waals surface area contributed by atoms with Crippen LogP contribution in [0.25, 0.3) is 0 Å². The average molecular weight is 714 g/mol. The Bertz CT molecular complexity index is 1030. The number of phosphoric acid groups is 1. The molecule has 0 aliphatic heterocycles. The van der Waals surface area contributed by atoms with Gasteiger partial charge in [0.15, 0.2) is 6.04 Å². The second-order valence-electron chi connectivity index (χ2n) is 12.0. The van der Waals surface area contributed by atoms with E-state index in [4.69, 9.17) is 13.8 Å². The van der Waals surface area contributed by atoms with Crippen molar-refractivity contribution in [3.8, 4) is 0 Å². The molecule has 49 heavy (non-hydrogen) atoms.